The zero-order valence-corrected chi connectivity index (χ0v) is 11.4. The Hall–Kier alpha value is -1.92. The number of nitrogens with zero attached hydrogens (tertiary/aromatic N) is 2. The number of hydrogen-bond donors (Lipinski definition) is 3. The van der Waals surface area contributed by atoms with Crippen LogP contribution in [0.2, 0.25) is 0 Å². The van der Waals surface area contributed by atoms with E-state index in [2.05, 4.69) is 25.8 Å². The van der Waals surface area contributed by atoms with Gasteiger partial charge < -0.3 is 5.32 Å². The third-order valence-electron chi connectivity index (χ3n) is 4.65. The van der Waals surface area contributed by atoms with E-state index in [1.165, 1.54) is 32.0 Å². The average Bonchev–Trinajstić information content (AvgIpc) is 3.15. The standard InChI is InChI=1S/C13H19N5O2/c1-7(10-5-8-2-3-9(10)4-8)16-11(19)12(20)17-13-14-6-15-18-13/h6-10H,2-5H2,1H3,(H,16,19)(H2,14,15,17,18,20). The summed E-state index contributed by atoms with van der Waals surface area (Å²) < 4.78 is 0. The maximum absolute atomic E-state index is 11.9. The van der Waals surface area contributed by atoms with Gasteiger partial charge in [-0.15, -0.1) is 0 Å². The van der Waals surface area contributed by atoms with Crippen LogP contribution in [0, 0.1) is 17.8 Å². The largest absolute Gasteiger partial charge is 0.345 e. The van der Waals surface area contributed by atoms with Gasteiger partial charge in [0.05, 0.1) is 0 Å². The molecule has 1 aromatic rings. The first-order valence-electron chi connectivity index (χ1n) is 7.10. The summed E-state index contributed by atoms with van der Waals surface area (Å²) in [5.41, 5.74) is 0. The van der Waals surface area contributed by atoms with Crippen LogP contribution >= 0.6 is 0 Å². The van der Waals surface area contributed by atoms with Gasteiger partial charge in [0.1, 0.15) is 6.33 Å². The molecule has 4 unspecified atom stereocenters. The molecule has 7 nitrogen and oxygen atoms in total. The lowest BCUT2D eigenvalue weighted by molar-refractivity contribution is -0.136. The topological polar surface area (TPSA) is 99.8 Å². The molecule has 2 aliphatic carbocycles. The molecule has 4 atom stereocenters. The second-order valence-electron chi connectivity index (χ2n) is 5.89. The van der Waals surface area contributed by atoms with Crippen LogP contribution in [0.4, 0.5) is 5.95 Å². The second kappa shape index (κ2) is 5.22. The molecule has 0 radical (unpaired) electrons. The number of nitrogens with one attached hydrogen (secondary N) is 3. The Bertz CT molecular complexity index is 501. The molecule has 0 aromatic carbocycles. The van der Waals surface area contributed by atoms with E-state index < -0.39 is 11.8 Å². The van der Waals surface area contributed by atoms with Gasteiger partial charge in [-0.2, -0.15) is 10.1 Å². The van der Waals surface area contributed by atoms with E-state index in [9.17, 15) is 9.59 Å². The van der Waals surface area contributed by atoms with Gasteiger partial charge in [-0.05, 0) is 43.9 Å². The van der Waals surface area contributed by atoms with Crippen LogP contribution in [0.5, 0.6) is 0 Å². The number of anilines is 1. The van der Waals surface area contributed by atoms with Crippen molar-refractivity contribution in [2.24, 2.45) is 17.8 Å². The van der Waals surface area contributed by atoms with Gasteiger partial charge >= 0.3 is 11.8 Å². The number of H-pyrrole nitrogens is 1. The summed E-state index contributed by atoms with van der Waals surface area (Å²) in [5.74, 6) is 0.905. The number of rotatable bonds is 3. The second-order valence-corrected chi connectivity index (χ2v) is 5.89. The van der Waals surface area contributed by atoms with Crippen molar-refractivity contribution in [2.75, 3.05) is 5.32 Å². The van der Waals surface area contributed by atoms with E-state index in [1.54, 1.807) is 0 Å². The SMILES string of the molecule is CC(NC(=O)C(=O)Nc1ncn[nH]1)C1CC2CCC1C2. The normalized spacial score (nSPS) is 29.1. The van der Waals surface area contributed by atoms with Crippen molar-refractivity contribution < 1.29 is 9.59 Å². The van der Waals surface area contributed by atoms with Crippen LogP contribution in [-0.4, -0.2) is 33.0 Å². The molecule has 2 amide bonds. The Morgan fingerprint density at radius 1 is 1.35 bits per heavy atom. The lowest BCUT2D eigenvalue weighted by Crippen LogP contribution is -2.45. The quantitative estimate of drug-likeness (QED) is 0.707. The number of aromatic nitrogens is 3. The minimum Gasteiger partial charge on any atom is -0.345 e. The Kier molecular flexibility index (Phi) is 3.42. The first-order valence-corrected chi connectivity index (χ1v) is 7.10. The maximum Gasteiger partial charge on any atom is 0.316 e. The van der Waals surface area contributed by atoms with Crippen molar-refractivity contribution >= 4 is 17.8 Å². The molecule has 2 aliphatic rings. The molecule has 2 saturated carbocycles. The molecular weight excluding hydrogens is 258 g/mol. The van der Waals surface area contributed by atoms with Crippen LogP contribution in [-0.2, 0) is 9.59 Å². The van der Waals surface area contributed by atoms with Gasteiger partial charge in [0.25, 0.3) is 0 Å². The minimum atomic E-state index is -0.711. The fraction of sp³-hybridized carbons (Fsp3) is 0.692. The molecule has 0 saturated heterocycles. The number of carbonyl (C=O) groups excluding carboxylic acids is 2. The van der Waals surface area contributed by atoms with Gasteiger partial charge in [-0.3, -0.25) is 14.9 Å². The minimum absolute atomic E-state index is 0.0401. The predicted octanol–water partition coefficient (Wildman–Crippen LogP) is 0.684. The van der Waals surface area contributed by atoms with Crippen LogP contribution in [0.1, 0.15) is 32.6 Å². The molecule has 0 aliphatic heterocycles. The van der Waals surface area contributed by atoms with Gasteiger partial charge in [-0.25, -0.2) is 5.10 Å². The van der Waals surface area contributed by atoms with E-state index in [0.29, 0.717) is 11.8 Å². The molecule has 0 spiro atoms. The number of aromatic amines is 1. The van der Waals surface area contributed by atoms with Gasteiger partial charge in [0.2, 0.25) is 5.95 Å². The van der Waals surface area contributed by atoms with Crippen molar-refractivity contribution in [3.05, 3.63) is 6.33 Å². The van der Waals surface area contributed by atoms with Crippen LogP contribution in [0.15, 0.2) is 6.33 Å². The summed E-state index contributed by atoms with van der Waals surface area (Å²) >= 11 is 0. The summed E-state index contributed by atoms with van der Waals surface area (Å²) in [6.07, 6.45) is 6.32. The van der Waals surface area contributed by atoms with Crippen LogP contribution in [0.25, 0.3) is 0 Å². The summed E-state index contributed by atoms with van der Waals surface area (Å²) in [6.45, 7) is 1.99. The fourth-order valence-corrected chi connectivity index (χ4v) is 3.72. The van der Waals surface area contributed by atoms with E-state index >= 15 is 0 Å². The van der Waals surface area contributed by atoms with E-state index in [0.717, 1.165) is 5.92 Å². The Balaban J connectivity index is 1.52. The van der Waals surface area contributed by atoms with Crippen molar-refractivity contribution in [1.82, 2.24) is 20.5 Å². The zero-order chi connectivity index (χ0) is 14.1. The highest BCUT2D eigenvalue weighted by Gasteiger charge is 2.42. The first-order chi connectivity index (χ1) is 9.63. The molecule has 20 heavy (non-hydrogen) atoms. The maximum atomic E-state index is 11.9. The van der Waals surface area contributed by atoms with E-state index in [1.807, 2.05) is 6.92 Å². The molecule has 3 N–H and O–H groups in total. The van der Waals surface area contributed by atoms with E-state index in [-0.39, 0.29) is 12.0 Å². The zero-order valence-electron chi connectivity index (χ0n) is 11.4. The number of hydrogen-bond acceptors (Lipinski definition) is 4. The summed E-state index contributed by atoms with van der Waals surface area (Å²) in [5, 5.41) is 11.3. The number of fused-ring (bicyclic) bond motifs is 2. The summed E-state index contributed by atoms with van der Waals surface area (Å²) in [4.78, 5) is 27.3. The number of amides is 2. The highest BCUT2D eigenvalue weighted by atomic mass is 16.2. The average molecular weight is 277 g/mol. The smallest absolute Gasteiger partial charge is 0.316 e. The van der Waals surface area contributed by atoms with Gasteiger partial charge in [0.15, 0.2) is 0 Å². The molecule has 3 rings (SSSR count). The van der Waals surface area contributed by atoms with Crippen molar-refractivity contribution in [2.45, 2.75) is 38.6 Å². The monoisotopic (exact) mass is 277 g/mol. The molecule has 108 valence electrons. The molecule has 7 heteroatoms. The lowest BCUT2D eigenvalue weighted by atomic mass is 9.84. The van der Waals surface area contributed by atoms with Crippen molar-refractivity contribution in [1.29, 1.82) is 0 Å². The Morgan fingerprint density at radius 3 is 2.80 bits per heavy atom. The molecule has 2 fully saturated rings. The van der Waals surface area contributed by atoms with Crippen LogP contribution in [0.3, 0.4) is 0 Å². The molecule has 2 bridgehead atoms. The van der Waals surface area contributed by atoms with Gasteiger partial charge in [0, 0.05) is 6.04 Å². The Labute approximate surface area is 116 Å². The predicted molar refractivity (Wildman–Crippen MR) is 71.6 cm³/mol. The van der Waals surface area contributed by atoms with Gasteiger partial charge in [-0.1, -0.05) is 6.42 Å². The summed E-state index contributed by atoms with van der Waals surface area (Å²) in [7, 11) is 0. The molecular formula is C13H19N5O2. The Morgan fingerprint density at radius 2 is 2.20 bits per heavy atom. The lowest BCUT2D eigenvalue weighted by Gasteiger charge is -2.28. The first kappa shape index (κ1) is 13.1. The van der Waals surface area contributed by atoms with Crippen molar-refractivity contribution in [3.8, 4) is 0 Å². The number of carbonyl (C=O) groups is 2. The summed E-state index contributed by atoms with van der Waals surface area (Å²) in [6, 6.07) is 0.0401. The molecule has 1 heterocycles. The third kappa shape index (κ3) is 2.52. The van der Waals surface area contributed by atoms with Crippen LogP contribution < -0.4 is 10.6 Å². The fourth-order valence-electron chi connectivity index (χ4n) is 3.72. The molecule has 1 aromatic heterocycles. The van der Waals surface area contributed by atoms with Crippen molar-refractivity contribution in [3.63, 3.8) is 0 Å². The highest BCUT2D eigenvalue weighted by molar-refractivity contribution is 6.39. The third-order valence-corrected chi connectivity index (χ3v) is 4.65. The van der Waals surface area contributed by atoms with E-state index in [4.69, 9.17) is 0 Å². The highest BCUT2D eigenvalue weighted by Crippen LogP contribution is 2.49.